The van der Waals surface area contributed by atoms with Crippen LogP contribution in [0.25, 0.3) is 0 Å². The summed E-state index contributed by atoms with van der Waals surface area (Å²) in [6, 6.07) is 0. The van der Waals surface area contributed by atoms with E-state index in [1.807, 2.05) is 0 Å². The Morgan fingerprint density at radius 3 is 2.00 bits per heavy atom. The van der Waals surface area contributed by atoms with Gasteiger partial charge in [0.25, 0.3) is 0 Å². The van der Waals surface area contributed by atoms with Crippen LogP contribution in [0.2, 0.25) is 0 Å². The third kappa shape index (κ3) is 3.10. The monoisotopic (exact) mass is 270 g/mol. The molecule has 1 aliphatic rings. The van der Waals surface area contributed by atoms with Crippen molar-refractivity contribution in [3.63, 3.8) is 0 Å². The van der Waals surface area contributed by atoms with Crippen LogP contribution in [0.15, 0.2) is 12.2 Å². The van der Waals surface area contributed by atoms with E-state index in [-0.39, 0.29) is 0 Å². The first-order valence-corrected chi connectivity index (χ1v) is 5.46. The molecular formula is C9H9Cl3O3. The lowest BCUT2D eigenvalue weighted by Crippen LogP contribution is -2.37. The molecule has 6 heteroatoms. The number of carbonyl (C=O) groups is 2. The molecule has 84 valence electrons. The van der Waals surface area contributed by atoms with Crippen molar-refractivity contribution in [3.05, 3.63) is 12.2 Å². The van der Waals surface area contributed by atoms with Gasteiger partial charge in [0.05, 0.1) is 5.92 Å². The van der Waals surface area contributed by atoms with E-state index in [1.165, 1.54) is 0 Å². The minimum absolute atomic E-state index is 0.298. The Hall–Kier alpha value is -0.250. The lowest BCUT2D eigenvalue weighted by atomic mass is 9.80. The number of ketones is 1. The second-order valence-electron chi connectivity index (χ2n) is 3.36. The Morgan fingerprint density at radius 1 is 1.13 bits per heavy atom. The number of carbonyl (C=O) groups excluding carboxylic acids is 1. The summed E-state index contributed by atoms with van der Waals surface area (Å²) in [4.78, 5) is 22.5. The van der Waals surface area contributed by atoms with Crippen LogP contribution in [-0.4, -0.2) is 20.7 Å². The minimum Gasteiger partial charge on any atom is -0.481 e. The van der Waals surface area contributed by atoms with Crippen LogP contribution < -0.4 is 0 Å². The number of carboxylic acids is 1. The molecule has 0 saturated heterocycles. The number of carboxylic acid groups (broad SMARTS) is 1. The topological polar surface area (TPSA) is 54.4 Å². The van der Waals surface area contributed by atoms with Crippen LogP contribution >= 0.6 is 34.8 Å². The van der Waals surface area contributed by atoms with Gasteiger partial charge in [-0.2, -0.15) is 0 Å². The van der Waals surface area contributed by atoms with Crippen molar-refractivity contribution in [1.29, 1.82) is 0 Å². The first-order valence-electron chi connectivity index (χ1n) is 4.33. The highest BCUT2D eigenvalue weighted by molar-refractivity contribution is 6.76. The highest BCUT2D eigenvalue weighted by atomic mass is 35.6. The third-order valence-electron chi connectivity index (χ3n) is 2.37. The lowest BCUT2D eigenvalue weighted by Gasteiger charge is -2.26. The van der Waals surface area contributed by atoms with E-state index in [1.54, 1.807) is 12.2 Å². The van der Waals surface area contributed by atoms with Gasteiger partial charge in [0.1, 0.15) is 0 Å². The summed E-state index contributed by atoms with van der Waals surface area (Å²) in [7, 11) is 0. The number of halogens is 3. The summed E-state index contributed by atoms with van der Waals surface area (Å²) in [5, 5.41) is 8.91. The van der Waals surface area contributed by atoms with Gasteiger partial charge in [0.15, 0.2) is 5.78 Å². The summed E-state index contributed by atoms with van der Waals surface area (Å²) >= 11 is 16.4. The van der Waals surface area contributed by atoms with Gasteiger partial charge in [0.2, 0.25) is 3.79 Å². The number of alkyl halides is 3. The molecule has 3 nitrogen and oxygen atoms in total. The van der Waals surface area contributed by atoms with Crippen LogP contribution in [-0.2, 0) is 9.59 Å². The molecule has 1 aliphatic carbocycles. The van der Waals surface area contributed by atoms with Gasteiger partial charge in [-0.1, -0.05) is 47.0 Å². The van der Waals surface area contributed by atoms with Gasteiger partial charge in [-0.3, -0.25) is 9.59 Å². The zero-order valence-electron chi connectivity index (χ0n) is 7.62. The number of allylic oxidation sites excluding steroid dienone is 2. The smallest absolute Gasteiger partial charge is 0.307 e. The fourth-order valence-corrected chi connectivity index (χ4v) is 2.01. The molecule has 0 heterocycles. The van der Waals surface area contributed by atoms with Gasteiger partial charge < -0.3 is 5.11 Å². The van der Waals surface area contributed by atoms with Gasteiger partial charge in [-0.25, -0.2) is 0 Å². The van der Waals surface area contributed by atoms with Crippen molar-refractivity contribution in [2.45, 2.75) is 16.6 Å². The van der Waals surface area contributed by atoms with E-state index in [9.17, 15) is 9.59 Å². The average molecular weight is 272 g/mol. The van der Waals surface area contributed by atoms with Gasteiger partial charge in [-0.05, 0) is 12.8 Å². The molecule has 0 bridgehead atoms. The zero-order valence-corrected chi connectivity index (χ0v) is 9.89. The highest BCUT2D eigenvalue weighted by Crippen LogP contribution is 2.36. The summed E-state index contributed by atoms with van der Waals surface area (Å²) < 4.78 is -2.04. The molecule has 1 N–H and O–H groups in total. The maximum atomic E-state index is 11.6. The SMILES string of the molecule is O=C(O)[C@@H]1CC=CC[C@@H]1C(=O)C(Cl)(Cl)Cl. The summed E-state index contributed by atoms with van der Waals surface area (Å²) in [6.45, 7) is 0. The van der Waals surface area contributed by atoms with E-state index in [4.69, 9.17) is 39.9 Å². The molecule has 0 fully saturated rings. The predicted octanol–water partition coefficient (Wildman–Crippen LogP) is 2.59. The maximum absolute atomic E-state index is 11.6. The minimum atomic E-state index is -2.04. The molecule has 2 atom stereocenters. The normalized spacial score (nSPS) is 26.3. The molecule has 0 aromatic carbocycles. The molecule has 1 rings (SSSR count). The largest absolute Gasteiger partial charge is 0.481 e. The Labute approximate surface area is 102 Å². The van der Waals surface area contributed by atoms with E-state index in [0.717, 1.165) is 0 Å². The Morgan fingerprint density at radius 2 is 1.60 bits per heavy atom. The number of hydrogen-bond acceptors (Lipinski definition) is 2. The summed E-state index contributed by atoms with van der Waals surface area (Å²) in [5.41, 5.74) is 0. The average Bonchev–Trinajstić information content (AvgIpc) is 2.15. The second kappa shape index (κ2) is 4.73. The first kappa shape index (κ1) is 12.8. The molecule has 0 saturated carbocycles. The van der Waals surface area contributed by atoms with Crippen LogP contribution in [0.1, 0.15) is 12.8 Å². The first-order chi connectivity index (χ1) is 6.84. The highest BCUT2D eigenvalue weighted by Gasteiger charge is 2.42. The summed E-state index contributed by atoms with van der Waals surface area (Å²) in [5.74, 6) is -3.23. The quantitative estimate of drug-likeness (QED) is 0.620. The van der Waals surface area contributed by atoms with Crippen molar-refractivity contribution in [2.24, 2.45) is 11.8 Å². The zero-order chi connectivity index (χ0) is 11.6. The van der Waals surface area contributed by atoms with Crippen LogP contribution in [0, 0.1) is 11.8 Å². The molecule has 0 spiro atoms. The number of aliphatic carboxylic acids is 1. The Bertz CT molecular complexity index is 306. The maximum Gasteiger partial charge on any atom is 0.307 e. The number of rotatable bonds is 2. The van der Waals surface area contributed by atoms with Crippen molar-refractivity contribution >= 4 is 46.6 Å². The molecule has 15 heavy (non-hydrogen) atoms. The van der Waals surface area contributed by atoms with Crippen molar-refractivity contribution in [3.8, 4) is 0 Å². The van der Waals surface area contributed by atoms with E-state index >= 15 is 0 Å². The van der Waals surface area contributed by atoms with Crippen LogP contribution in [0.3, 0.4) is 0 Å². The molecular weight excluding hydrogens is 262 g/mol. The van der Waals surface area contributed by atoms with Crippen molar-refractivity contribution in [1.82, 2.24) is 0 Å². The summed E-state index contributed by atoms with van der Waals surface area (Å²) in [6.07, 6.45) is 4.07. The molecule has 0 unspecified atom stereocenters. The molecule has 0 aromatic rings. The van der Waals surface area contributed by atoms with Crippen LogP contribution in [0.5, 0.6) is 0 Å². The lowest BCUT2D eigenvalue weighted by molar-refractivity contribution is -0.146. The second-order valence-corrected chi connectivity index (χ2v) is 5.64. The Kier molecular flexibility index (Phi) is 4.04. The van der Waals surface area contributed by atoms with Crippen molar-refractivity contribution < 1.29 is 14.7 Å². The molecule has 0 aromatic heterocycles. The van der Waals surface area contributed by atoms with E-state index in [2.05, 4.69) is 0 Å². The van der Waals surface area contributed by atoms with Gasteiger partial charge in [-0.15, -0.1) is 0 Å². The molecule has 0 radical (unpaired) electrons. The molecule has 0 amide bonds. The fourth-order valence-electron chi connectivity index (χ4n) is 1.59. The van der Waals surface area contributed by atoms with Crippen LogP contribution in [0.4, 0.5) is 0 Å². The third-order valence-corrected chi connectivity index (χ3v) is 2.92. The van der Waals surface area contributed by atoms with E-state index in [0.29, 0.717) is 12.8 Å². The van der Waals surface area contributed by atoms with E-state index < -0.39 is 27.4 Å². The van der Waals surface area contributed by atoms with Gasteiger partial charge >= 0.3 is 5.97 Å². The molecule has 0 aliphatic heterocycles. The van der Waals surface area contributed by atoms with Crippen molar-refractivity contribution in [2.75, 3.05) is 0 Å². The van der Waals surface area contributed by atoms with Gasteiger partial charge in [0, 0.05) is 5.92 Å². The standard InChI is InChI=1S/C9H9Cl3O3/c10-9(11,12)7(13)5-3-1-2-4-6(5)8(14)15/h1-2,5-6H,3-4H2,(H,14,15)/t5-,6+/m0/s1. The Balaban J connectivity index is 2.88. The fraction of sp³-hybridized carbons (Fsp3) is 0.556. The predicted molar refractivity (Wildman–Crippen MR) is 58.3 cm³/mol. The number of hydrogen-bond donors (Lipinski definition) is 1. The number of Topliss-reactive ketones (excluding diaryl/α,β-unsaturated/α-hetero) is 1.